The number of rotatable bonds is 9. The van der Waals surface area contributed by atoms with Crippen LogP contribution < -0.4 is 9.62 Å². The summed E-state index contributed by atoms with van der Waals surface area (Å²) in [5.41, 5.74) is 0.438. The van der Waals surface area contributed by atoms with Gasteiger partial charge in [-0.2, -0.15) is 0 Å². The highest BCUT2D eigenvalue weighted by Crippen LogP contribution is 2.27. The molecule has 0 spiro atoms. The van der Waals surface area contributed by atoms with Crippen LogP contribution in [0, 0.1) is 17.0 Å². The van der Waals surface area contributed by atoms with Crippen LogP contribution in [0.4, 0.5) is 11.4 Å². The number of anilines is 1. The molecule has 0 saturated carbocycles. The Morgan fingerprint density at radius 2 is 2.00 bits per heavy atom. The molecule has 24 heavy (non-hydrogen) atoms. The molecule has 0 fully saturated rings. The molecule has 0 aliphatic carbocycles. The number of benzene rings is 1. The second-order valence-electron chi connectivity index (χ2n) is 5.55. The molecule has 0 aliphatic heterocycles. The van der Waals surface area contributed by atoms with Gasteiger partial charge in [0, 0.05) is 18.7 Å². The molecule has 0 saturated heterocycles. The van der Waals surface area contributed by atoms with E-state index in [9.17, 15) is 23.3 Å². The van der Waals surface area contributed by atoms with E-state index < -0.39 is 27.4 Å². The molecule has 0 heterocycles. The molecule has 1 N–H and O–H groups in total. The number of carbonyl (C=O) groups is 1. The van der Waals surface area contributed by atoms with E-state index >= 15 is 0 Å². The fourth-order valence-corrected chi connectivity index (χ4v) is 3.06. The van der Waals surface area contributed by atoms with E-state index in [2.05, 4.69) is 5.32 Å². The number of nitro groups is 1. The van der Waals surface area contributed by atoms with Gasteiger partial charge in [-0.1, -0.05) is 25.8 Å². The fourth-order valence-electron chi connectivity index (χ4n) is 2.15. The molecule has 0 aliphatic rings. The number of non-ortho nitro benzene ring substituents is 1. The second-order valence-corrected chi connectivity index (χ2v) is 7.46. The van der Waals surface area contributed by atoms with Crippen molar-refractivity contribution in [2.24, 2.45) is 0 Å². The van der Waals surface area contributed by atoms with Gasteiger partial charge in [-0.05, 0) is 18.9 Å². The Hall–Kier alpha value is -2.16. The summed E-state index contributed by atoms with van der Waals surface area (Å²) in [6.45, 7) is 3.74. The molecular formula is C15H23N3O5S. The van der Waals surface area contributed by atoms with Crippen molar-refractivity contribution in [3.8, 4) is 0 Å². The van der Waals surface area contributed by atoms with Gasteiger partial charge in [0.2, 0.25) is 15.9 Å². The van der Waals surface area contributed by atoms with Crippen molar-refractivity contribution >= 4 is 27.3 Å². The summed E-state index contributed by atoms with van der Waals surface area (Å²) in [5.74, 6) is -0.442. The smallest absolute Gasteiger partial charge is 0.271 e. The zero-order valence-electron chi connectivity index (χ0n) is 14.1. The Bertz CT molecular complexity index is 703. The van der Waals surface area contributed by atoms with Crippen molar-refractivity contribution in [2.45, 2.75) is 33.1 Å². The number of hydrogen-bond donors (Lipinski definition) is 1. The fraction of sp³-hybridized carbons (Fsp3) is 0.533. The van der Waals surface area contributed by atoms with Gasteiger partial charge in [-0.25, -0.2) is 8.42 Å². The normalized spacial score (nSPS) is 11.1. The van der Waals surface area contributed by atoms with E-state index in [0.717, 1.165) is 29.8 Å². The number of aryl methyl sites for hydroxylation is 1. The minimum atomic E-state index is -3.76. The van der Waals surface area contributed by atoms with Gasteiger partial charge in [0.25, 0.3) is 5.69 Å². The first kappa shape index (κ1) is 19.9. The lowest BCUT2D eigenvalue weighted by molar-refractivity contribution is -0.384. The van der Waals surface area contributed by atoms with Crippen molar-refractivity contribution in [2.75, 3.05) is 23.7 Å². The third-order valence-corrected chi connectivity index (χ3v) is 4.59. The minimum absolute atomic E-state index is 0.135. The van der Waals surface area contributed by atoms with Gasteiger partial charge in [0.15, 0.2) is 0 Å². The summed E-state index contributed by atoms with van der Waals surface area (Å²) in [6, 6.07) is 3.93. The van der Waals surface area contributed by atoms with Crippen LogP contribution in [0.25, 0.3) is 0 Å². The molecule has 0 bridgehead atoms. The highest BCUT2D eigenvalue weighted by Gasteiger charge is 2.24. The summed E-state index contributed by atoms with van der Waals surface area (Å²) in [5, 5.41) is 13.6. The molecule has 9 heteroatoms. The molecular weight excluding hydrogens is 334 g/mol. The number of amides is 1. The van der Waals surface area contributed by atoms with Crippen LogP contribution in [0.1, 0.15) is 31.7 Å². The molecule has 0 atom stereocenters. The maximum absolute atomic E-state index is 12.1. The topological polar surface area (TPSA) is 110 Å². The third kappa shape index (κ3) is 5.80. The lowest BCUT2D eigenvalue weighted by Crippen LogP contribution is -2.41. The number of hydrogen-bond acceptors (Lipinski definition) is 5. The van der Waals surface area contributed by atoms with Crippen LogP contribution in [0.15, 0.2) is 18.2 Å². The van der Waals surface area contributed by atoms with Crippen molar-refractivity contribution in [1.82, 2.24) is 5.32 Å². The van der Waals surface area contributed by atoms with Gasteiger partial charge in [-0.3, -0.25) is 19.2 Å². The molecule has 8 nitrogen and oxygen atoms in total. The predicted octanol–water partition coefficient (Wildman–Crippen LogP) is 1.98. The molecule has 1 rings (SSSR count). The van der Waals surface area contributed by atoms with Crippen molar-refractivity contribution in [3.05, 3.63) is 33.9 Å². The largest absolute Gasteiger partial charge is 0.355 e. The van der Waals surface area contributed by atoms with Gasteiger partial charge in [-0.15, -0.1) is 0 Å². The Labute approximate surface area is 142 Å². The first-order chi connectivity index (χ1) is 11.2. The number of unbranched alkanes of at least 4 members (excludes halogenated alkanes) is 2. The number of nitro benzene ring substituents is 1. The Kier molecular flexibility index (Phi) is 7.15. The van der Waals surface area contributed by atoms with Gasteiger partial charge < -0.3 is 5.32 Å². The van der Waals surface area contributed by atoms with Crippen LogP contribution in [-0.4, -0.2) is 38.6 Å². The van der Waals surface area contributed by atoms with E-state index in [1.165, 1.54) is 18.2 Å². The highest BCUT2D eigenvalue weighted by atomic mass is 32.2. The maximum atomic E-state index is 12.1. The summed E-state index contributed by atoms with van der Waals surface area (Å²) in [7, 11) is -3.76. The first-order valence-electron chi connectivity index (χ1n) is 7.66. The van der Waals surface area contributed by atoms with E-state index in [1.54, 1.807) is 6.92 Å². The summed E-state index contributed by atoms with van der Waals surface area (Å²) < 4.78 is 25.0. The zero-order valence-corrected chi connectivity index (χ0v) is 14.9. The second kappa shape index (κ2) is 8.62. The monoisotopic (exact) mass is 357 g/mol. The quantitative estimate of drug-likeness (QED) is 0.413. The highest BCUT2D eigenvalue weighted by molar-refractivity contribution is 7.92. The van der Waals surface area contributed by atoms with Gasteiger partial charge >= 0.3 is 0 Å². The molecule has 1 aromatic rings. The standard InChI is InChI=1S/C15H23N3O5S/c1-4-5-6-9-16-15(19)11-17(24(3,22)23)14-10-13(18(20)21)8-7-12(14)2/h7-8,10H,4-6,9,11H2,1-3H3,(H,16,19). The van der Waals surface area contributed by atoms with Crippen molar-refractivity contribution in [3.63, 3.8) is 0 Å². The zero-order chi connectivity index (χ0) is 18.3. The number of carbonyl (C=O) groups excluding carboxylic acids is 1. The molecule has 0 aromatic heterocycles. The van der Waals surface area contributed by atoms with Crippen LogP contribution in [0.3, 0.4) is 0 Å². The summed E-state index contributed by atoms with van der Waals surface area (Å²) in [6.07, 6.45) is 3.77. The van der Waals surface area contributed by atoms with E-state index in [4.69, 9.17) is 0 Å². The molecule has 1 amide bonds. The van der Waals surface area contributed by atoms with Crippen LogP contribution >= 0.6 is 0 Å². The van der Waals surface area contributed by atoms with E-state index in [0.29, 0.717) is 12.1 Å². The minimum Gasteiger partial charge on any atom is -0.355 e. The maximum Gasteiger partial charge on any atom is 0.271 e. The lowest BCUT2D eigenvalue weighted by atomic mass is 10.2. The van der Waals surface area contributed by atoms with E-state index in [-0.39, 0.29) is 11.4 Å². The van der Waals surface area contributed by atoms with Gasteiger partial charge in [0.05, 0.1) is 16.9 Å². The molecule has 0 unspecified atom stereocenters. The Morgan fingerprint density at radius 1 is 1.33 bits per heavy atom. The average molecular weight is 357 g/mol. The molecule has 1 aromatic carbocycles. The average Bonchev–Trinajstić information content (AvgIpc) is 2.48. The lowest BCUT2D eigenvalue weighted by Gasteiger charge is -2.23. The van der Waals surface area contributed by atoms with E-state index in [1.807, 2.05) is 6.92 Å². The first-order valence-corrected chi connectivity index (χ1v) is 9.51. The van der Waals surface area contributed by atoms with Crippen LogP contribution in [0.5, 0.6) is 0 Å². The van der Waals surface area contributed by atoms with Crippen LogP contribution in [-0.2, 0) is 14.8 Å². The summed E-state index contributed by atoms with van der Waals surface area (Å²) >= 11 is 0. The predicted molar refractivity (Wildman–Crippen MR) is 92.6 cm³/mol. The van der Waals surface area contributed by atoms with Crippen molar-refractivity contribution in [1.29, 1.82) is 0 Å². The number of nitrogens with zero attached hydrogens (tertiary/aromatic N) is 2. The summed E-state index contributed by atoms with van der Waals surface area (Å²) in [4.78, 5) is 22.3. The number of nitrogens with one attached hydrogen (secondary N) is 1. The van der Waals surface area contributed by atoms with Crippen LogP contribution in [0.2, 0.25) is 0 Å². The molecule has 0 radical (unpaired) electrons. The Morgan fingerprint density at radius 3 is 2.54 bits per heavy atom. The Balaban J connectivity index is 3.01. The number of sulfonamides is 1. The SMILES string of the molecule is CCCCCNC(=O)CN(c1cc([N+](=O)[O-])ccc1C)S(C)(=O)=O. The van der Waals surface area contributed by atoms with Gasteiger partial charge in [0.1, 0.15) is 6.54 Å². The third-order valence-electron chi connectivity index (χ3n) is 3.46. The van der Waals surface area contributed by atoms with Crippen molar-refractivity contribution < 1.29 is 18.1 Å². The molecule has 134 valence electrons.